The lowest BCUT2D eigenvalue weighted by molar-refractivity contribution is -0.259. The summed E-state index contributed by atoms with van der Waals surface area (Å²) in [5.41, 5.74) is 0.734. The highest BCUT2D eigenvalue weighted by molar-refractivity contribution is 5.67. The molecule has 1 saturated heterocycles. The van der Waals surface area contributed by atoms with E-state index in [0.29, 0.717) is 25.0 Å². The number of para-hydroxylation sites is 1. The SMILES string of the molecule is C[C@@H]1C[C@]2(C)Oc3ccccc3[C@@H]3OC[C@@]1(COC(=O)NC1CCCCC1)[C@@H](C)[C@@H]32. The van der Waals surface area contributed by atoms with Crippen molar-refractivity contribution in [3.63, 3.8) is 0 Å². The first-order valence-corrected chi connectivity index (χ1v) is 11.8. The van der Waals surface area contributed by atoms with Crippen molar-refractivity contribution in [2.75, 3.05) is 13.2 Å². The number of fused-ring (bicyclic) bond motifs is 3. The molecule has 2 aliphatic heterocycles. The van der Waals surface area contributed by atoms with Gasteiger partial charge in [0.05, 0.1) is 12.7 Å². The van der Waals surface area contributed by atoms with E-state index in [1.165, 1.54) is 19.3 Å². The van der Waals surface area contributed by atoms with Gasteiger partial charge in [0.25, 0.3) is 0 Å². The lowest BCUT2D eigenvalue weighted by Crippen LogP contribution is -2.66. The average molecular weight is 414 g/mol. The van der Waals surface area contributed by atoms with E-state index in [1.807, 2.05) is 6.07 Å². The quantitative estimate of drug-likeness (QED) is 0.736. The Morgan fingerprint density at radius 3 is 2.77 bits per heavy atom. The fraction of sp³-hybridized carbons (Fsp3) is 0.720. The van der Waals surface area contributed by atoms with Gasteiger partial charge in [0.2, 0.25) is 0 Å². The first-order chi connectivity index (χ1) is 14.4. The highest BCUT2D eigenvalue weighted by Crippen LogP contribution is 2.63. The molecule has 1 N–H and O–H groups in total. The first kappa shape index (κ1) is 20.2. The Morgan fingerprint density at radius 1 is 1.20 bits per heavy atom. The standard InChI is InChI=1S/C25H35NO4/c1-16-13-24(3)21-17(2)25(16,15-29-23(27)26-18-9-5-4-6-10-18)14-28-22(21)19-11-7-8-12-20(19)30-24/h7-8,11-12,16-18,21-22H,4-6,9-10,13-15H2,1-3H3,(H,26,27)/t16-,17+,21+,22+,24+,25+/m1/s1. The van der Waals surface area contributed by atoms with Crippen molar-refractivity contribution in [3.8, 4) is 5.75 Å². The number of amides is 1. The van der Waals surface area contributed by atoms with Crippen LogP contribution in [0.2, 0.25) is 0 Å². The van der Waals surface area contributed by atoms with Crippen molar-refractivity contribution in [1.29, 1.82) is 0 Å². The van der Waals surface area contributed by atoms with Gasteiger partial charge in [-0.1, -0.05) is 51.3 Å². The van der Waals surface area contributed by atoms with E-state index in [4.69, 9.17) is 14.2 Å². The molecule has 5 nitrogen and oxygen atoms in total. The molecule has 5 rings (SSSR count). The van der Waals surface area contributed by atoms with Crippen molar-refractivity contribution < 1.29 is 19.0 Å². The summed E-state index contributed by atoms with van der Waals surface area (Å²) in [6, 6.07) is 8.55. The first-order valence-electron chi connectivity index (χ1n) is 11.8. The van der Waals surface area contributed by atoms with Crippen molar-refractivity contribution in [2.45, 2.75) is 77.0 Å². The third-order valence-corrected chi connectivity index (χ3v) is 8.67. The predicted molar refractivity (Wildman–Crippen MR) is 114 cm³/mol. The van der Waals surface area contributed by atoms with Crippen LogP contribution in [-0.2, 0) is 9.47 Å². The van der Waals surface area contributed by atoms with Gasteiger partial charge in [0, 0.05) is 22.9 Å². The molecule has 0 spiro atoms. The molecule has 30 heavy (non-hydrogen) atoms. The smallest absolute Gasteiger partial charge is 0.407 e. The van der Waals surface area contributed by atoms with E-state index in [2.05, 4.69) is 44.3 Å². The van der Waals surface area contributed by atoms with Crippen LogP contribution in [0.25, 0.3) is 0 Å². The molecule has 6 atom stereocenters. The molecule has 0 aromatic heterocycles. The van der Waals surface area contributed by atoms with Gasteiger partial charge >= 0.3 is 6.09 Å². The van der Waals surface area contributed by atoms with Gasteiger partial charge in [-0.25, -0.2) is 4.79 Å². The van der Waals surface area contributed by atoms with Crippen LogP contribution in [0.4, 0.5) is 4.79 Å². The molecule has 5 heteroatoms. The normalized spacial score (nSPS) is 40.1. The lowest BCUT2D eigenvalue weighted by Gasteiger charge is -2.63. The molecule has 3 fully saturated rings. The maximum absolute atomic E-state index is 12.5. The number of nitrogens with one attached hydrogen (secondary N) is 1. The largest absolute Gasteiger partial charge is 0.487 e. The fourth-order valence-corrected chi connectivity index (χ4v) is 6.91. The van der Waals surface area contributed by atoms with Gasteiger partial charge in [-0.3, -0.25) is 0 Å². The Labute approximate surface area is 179 Å². The van der Waals surface area contributed by atoms with Crippen LogP contribution >= 0.6 is 0 Å². The minimum atomic E-state index is -0.267. The predicted octanol–water partition coefficient (Wildman–Crippen LogP) is 5.25. The average Bonchev–Trinajstić information content (AvgIpc) is 2.73. The Morgan fingerprint density at radius 2 is 1.97 bits per heavy atom. The van der Waals surface area contributed by atoms with E-state index in [-0.39, 0.29) is 35.2 Å². The molecule has 2 aliphatic carbocycles. The van der Waals surface area contributed by atoms with E-state index in [9.17, 15) is 4.79 Å². The van der Waals surface area contributed by atoms with Gasteiger partial charge in [-0.05, 0) is 44.1 Å². The molecule has 4 aliphatic rings. The summed E-state index contributed by atoms with van der Waals surface area (Å²) >= 11 is 0. The minimum absolute atomic E-state index is 0.0478. The van der Waals surface area contributed by atoms with Gasteiger partial charge in [0.1, 0.15) is 18.0 Å². The second kappa shape index (κ2) is 7.44. The summed E-state index contributed by atoms with van der Waals surface area (Å²) < 4.78 is 19.0. The molecule has 164 valence electrons. The molecule has 1 aromatic rings. The second-order valence-electron chi connectivity index (χ2n) is 10.4. The van der Waals surface area contributed by atoms with E-state index >= 15 is 0 Å². The summed E-state index contributed by atoms with van der Waals surface area (Å²) in [5.74, 6) is 1.88. The molecular weight excluding hydrogens is 378 g/mol. The summed E-state index contributed by atoms with van der Waals surface area (Å²) in [6.45, 7) is 7.86. The molecule has 1 amide bonds. The van der Waals surface area contributed by atoms with Gasteiger partial charge < -0.3 is 19.5 Å². The maximum atomic E-state index is 12.5. The molecule has 0 unspecified atom stereocenters. The highest BCUT2D eigenvalue weighted by Gasteiger charge is 2.64. The van der Waals surface area contributed by atoms with Crippen LogP contribution in [0.1, 0.15) is 71.0 Å². The third kappa shape index (κ3) is 3.12. The van der Waals surface area contributed by atoms with Crippen molar-refractivity contribution in [1.82, 2.24) is 5.32 Å². The van der Waals surface area contributed by atoms with Crippen molar-refractivity contribution in [2.24, 2.45) is 23.2 Å². The topological polar surface area (TPSA) is 56.8 Å². The molecule has 2 saturated carbocycles. The number of ether oxygens (including phenoxy) is 3. The zero-order valence-corrected chi connectivity index (χ0v) is 18.5. The highest BCUT2D eigenvalue weighted by atomic mass is 16.6. The molecular formula is C25H35NO4. The van der Waals surface area contributed by atoms with E-state index in [1.54, 1.807) is 0 Å². The summed E-state index contributed by atoms with van der Waals surface area (Å²) in [4.78, 5) is 12.5. The van der Waals surface area contributed by atoms with Crippen LogP contribution in [0.3, 0.4) is 0 Å². The number of hydrogen-bond donors (Lipinski definition) is 1. The zero-order valence-electron chi connectivity index (χ0n) is 18.5. The molecule has 2 heterocycles. The summed E-state index contributed by atoms with van der Waals surface area (Å²) in [5, 5.41) is 3.09. The number of hydrogen-bond acceptors (Lipinski definition) is 4. The number of carbonyl (C=O) groups is 1. The number of benzene rings is 1. The molecule has 0 radical (unpaired) electrons. The van der Waals surface area contributed by atoms with Crippen LogP contribution < -0.4 is 10.1 Å². The number of alkyl carbamates (subject to hydrolysis) is 1. The van der Waals surface area contributed by atoms with Gasteiger partial charge in [-0.15, -0.1) is 0 Å². The van der Waals surface area contributed by atoms with E-state index < -0.39 is 0 Å². The van der Waals surface area contributed by atoms with Crippen LogP contribution in [0, 0.1) is 23.2 Å². The third-order valence-electron chi connectivity index (χ3n) is 8.67. The fourth-order valence-electron chi connectivity index (χ4n) is 6.91. The van der Waals surface area contributed by atoms with E-state index in [0.717, 1.165) is 30.6 Å². The lowest BCUT2D eigenvalue weighted by atomic mass is 9.50. The van der Waals surface area contributed by atoms with Crippen LogP contribution in [0.5, 0.6) is 5.75 Å². The zero-order chi connectivity index (χ0) is 20.9. The minimum Gasteiger partial charge on any atom is -0.487 e. The summed E-state index contributed by atoms with van der Waals surface area (Å²) in [6.07, 6.45) is 6.52. The monoisotopic (exact) mass is 413 g/mol. The Hall–Kier alpha value is -1.75. The van der Waals surface area contributed by atoms with Gasteiger partial charge in [0.15, 0.2) is 0 Å². The Balaban J connectivity index is 1.34. The Bertz CT molecular complexity index is 806. The second-order valence-corrected chi connectivity index (χ2v) is 10.4. The van der Waals surface area contributed by atoms with Crippen LogP contribution in [-0.4, -0.2) is 30.9 Å². The van der Waals surface area contributed by atoms with Crippen LogP contribution in [0.15, 0.2) is 24.3 Å². The number of carbonyl (C=O) groups excluding carboxylic acids is 1. The van der Waals surface area contributed by atoms with Gasteiger partial charge in [-0.2, -0.15) is 0 Å². The van der Waals surface area contributed by atoms with Crippen molar-refractivity contribution in [3.05, 3.63) is 29.8 Å². The Kier molecular flexibility index (Phi) is 5.00. The molecule has 1 aromatic carbocycles. The van der Waals surface area contributed by atoms with Crippen molar-refractivity contribution >= 4 is 6.09 Å². The molecule has 2 bridgehead atoms. The summed E-state index contributed by atoms with van der Waals surface area (Å²) in [7, 11) is 0. The number of rotatable bonds is 3. The maximum Gasteiger partial charge on any atom is 0.407 e.